The third kappa shape index (κ3) is 1.73. The number of hydrogen-bond donors (Lipinski definition) is 2. The average Bonchev–Trinajstić information content (AvgIpc) is 2.05. The van der Waals surface area contributed by atoms with Gasteiger partial charge < -0.3 is 14.9 Å². The highest BCUT2D eigenvalue weighted by Gasteiger charge is 2.00. The van der Waals surface area contributed by atoms with Gasteiger partial charge in [0.2, 0.25) is 0 Å². The largest absolute Gasteiger partial charge is 0.507 e. The van der Waals surface area contributed by atoms with Crippen LogP contribution in [0.2, 0.25) is 0 Å². The Morgan fingerprint density at radius 1 is 1.50 bits per heavy atom. The van der Waals surface area contributed by atoms with E-state index in [0.717, 1.165) is 0 Å². The maximum atomic E-state index is 10.2. The summed E-state index contributed by atoms with van der Waals surface area (Å²) in [7, 11) is 0. The monoisotopic (exact) mass is 168 g/mol. The first kappa shape index (κ1) is 8.55. The van der Waals surface area contributed by atoms with Gasteiger partial charge in [-0.3, -0.25) is 4.79 Å². The maximum absolute atomic E-state index is 10.2. The molecule has 0 saturated heterocycles. The molecule has 4 nitrogen and oxygen atoms in total. The number of aliphatic hydroxyl groups is 1. The van der Waals surface area contributed by atoms with Crippen molar-refractivity contribution in [2.75, 3.05) is 6.79 Å². The van der Waals surface area contributed by atoms with Gasteiger partial charge in [0, 0.05) is 6.07 Å². The molecule has 0 amide bonds. The zero-order chi connectivity index (χ0) is 8.97. The molecule has 0 unspecified atom stereocenters. The summed E-state index contributed by atoms with van der Waals surface area (Å²) in [6, 6.07) is 4.16. The molecule has 0 atom stereocenters. The number of ether oxygens (including phenoxy) is 1. The van der Waals surface area contributed by atoms with Crippen LogP contribution in [-0.2, 0) is 0 Å². The van der Waals surface area contributed by atoms with E-state index >= 15 is 0 Å². The van der Waals surface area contributed by atoms with E-state index in [1.807, 2.05) is 0 Å². The lowest BCUT2D eigenvalue weighted by Gasteiger charge is -2.02. The SMILES string of the molecule is O=Cc1ccc(OCO)cc1O. The van der Waals surface area contributed by atoms with Gasteiger partial charge in [0.15, 0.2) is 13.1 Å². The summed E-state index contributed by atoms with van der Waals surface area (Å²) in [4.78, 5) is 10.2. The minimum atomic E-state index is -0.458. The van der Waals surface area contributed by atoms with Crippen molar-refractivity contribution in [2.24, 2.45) is 0 Å². The molecule has 2 N–H and O–H groups in total. The number of phenols is 1. The number of aldehydes is 1. The lowest BCUT2D eigenvalue weighted by atomic mass is 10.2. The first-order valence-corrected chi connectivity index (χ1v) is 3.30. The van der Waals surface area contributed by atoms with Crippen molar-refractivity contribution in [3.63, 3.8) is 0 Å². The lowest BCUT2D eigenvalue weighted by molar-refractivity contribution is 0.0983. The quantitative estimate of drug-likeness (QED) is 0.510. The van der Waals surface area contributed by atoms with Gasteiger partial charge >= 0.3 is 0 Å². The van der Waals surface area contributed by atoms with Crippen LogP contribution >= 0.6 is 0 Å². The van der Waals surface area contributed by atoms with Crippen molar-refractivity contribution in [3.05, 3.63) is 23.8 Å². The molecule has 4 heteroatoms. The minimum Gasteiger partial charge on any atom is -0.507 e. The highest BCUT2D eigenvalue weighted by molar-refractivity contribution is 5.79. The van der Waals surface area contributed by atoms with Gasteiger partial charge in [-0.2, -0.15) is 0 Å². The summed E-state index contributed by atoms with van der Waals surface area (Å²) in [5.74, 6) is 0.163. The Morgan fingerprint density at radius 2 is 2.25 bits per heavy atom. The van der Waals surface area contributed by atoms with E-state index in [2.05, 4.69) is 4.74 Å². The fourth-order valence-corrected chi connectivity index (χ4v) is 0.787. The Hall–Kier alpha value is -1.55. The molecule has 0 aliphatic heterocycles. The van der Waals surface area contributed by atoms with E-state index < -0.39 is 6.79 Å². The molecule has 0 aliphatic carbocycles. The second kappa shape index (κ2) is 3.73. The molecule has 64 valence electrons. The van der Waals surface area contributed by atoms with E-state index in [1.54, 1.807) is 0 Å². The highest BCUT2D eigenvalue weighted by Crippen LogP contribution is 2.21. The first-order chi connectivity index (χ1) is 5.77. The topological polar surface area (TPSA) is 66.8 Å². The number of aliphatic hydroxyl groups excluding tert-OH is 1. The standard InChI is InChI=1S/C8H8O4/c9-4-6-1-2-7(12-5-10)3-8(6)11/h1-4,10-11H,5H2. The molecule has 1 aromatic rings. The van der Waals surface area contributed by atoms with Crippen molar-refractivity contribution in [1.82, 2.24) is 0 Å². The molecule has 12 heavy (non-hydrogen) atoms. The normalized spacial score (nSPS) is 9.42. The Morgan fingerprint density at radius 3 is 2.75 bits per heavy atom. The molecule has 0 heterocycles. The summed E-state index contributed by atoms with van der Waals surface area (Å²) in [6.07, 6.45) is 0.540. The third-order valence-electron chi connectivity index (χ3n) is 1.36. The molecule has 0 aromatic heterocycles. The second-order valence-electron chi connectivity index (χ2n) is 2.11. The van der Waals surface area contributed by atoms with Crippen LogP contribution in [0.5, 0.6) is 11.5 Å². The van der Waals surface area contributed by atoms with Crippen LogP contribution in [0.15, 0.2) is 18.2 Å². The van der Waals surface area contributed by atoms with Crippen LogP contribution in [0.25, 0.3) is 0 Å². The van der Waals surface area contributed by atoms with Gasteiger partial charge in [-0.25, -0.2) is 0 Å². The minimum absolute atomic E-state index is 0.157. The van der Waals surface area contributed by atoms with Crippen LogP contribution in [0.3, 0.4) is 0 Å². The smallest absolute Gasteiger partial charge is 0.186 e. The van der Waals surface area contributed by atoms with Crippen molar-refractivity contribution >= 4 is 6.29 Å². The van der Waals surface area contributed by atoms with E-state index in [9.17, 15) is 4.79 Å². The molecule has 0 aliphatic rings. The Bertz CT molecular complexity index is 282. The van der Waals surface area contributed by atoms with E-state index in [0.29, 0.717) is 12.0 Å². The summed E-state index contributed by atoms with van der Waals surface area (Å²) in [5.41, 5.74) is 0.195. The Kier molecular flexibility index (Phi) is 2.66. The van der Waals surface area contributed by atoms with Crippen LogP contribution in [0.4, 0.5) is 0 Å². The summed E-state index contributed by atoms with van der Waals surface area (Å²) >= 11 is 0. The van der Waals surface area contributed by atoms with Gasteiger partial charge in [-0.05, 0) is 12.1 Å². The molecular formula is C8H8O4. The molecule has 0 bridgehead atoms. The van der Waals surface area contributed by atoms with Gasteiger partial charge in [0.1, 0.15) is 11.5 Å². The van der Waals surface area contributed by atoms with Gasteiger partial charge in [-0.1, -0.05) is 0 Å². The summed E-state index contributed by atoms with van der Waals surface area (Å²) in [6.45, 7) is -0.458. The number of benzene rings is 1. The predicted molar refractivity (Wildman–Crippen MR) is 41.2 cm³/mol. The Balaban J connectivity index is 2.93. The number of carbonyl (C=O) groups is 1. The number of rotatable bonds is 3. The van der Waals surface area contributed by atoms with Crippen molar-refractivity contribution in [3.8, 4) is 11.5 Å². The zero-order valence-electron chi connectivity index (χ0n) is 6.23. The maximum Gasteiger partial charge on any atom is 0.186 e. The number of phenolic OH excluding ortho intramolecular Hbond substituents is 1. The van der Waals surface area contributed by atoms with Gasteiger partial charge in [0.05, 0.1) is 5.56 Å². The van der Waals surface area contributed by atoms with Crippen LogP contribution in [-0.4, -0.2) is 23.3 Å². The first-order valence-electron chi connectivity index (χ1n) is 3.30. The average molecular weight is 168 g/mol. The summed E-state index contributed by atoms with van der Waals surface area (Å²) in [5, 5.41) is 17.5. The predicted octanol–water partition coefficient (Wildman–Crippen LogP) is 0.533. The van der Waals surface area contributed by atoms with Gasteiger partial charge in [-0.15, -0.1) is 0 Å². The highest BCUT2D eigenvalue weighted by atomic mass is 16.6. The molecule has 0 fully saturated rings. The zero-order valence-corrected chi connectivity index (χ0v) is 6.23. The molecule has 0 saturated carbocycles. The second-order valence-corrected chi connectivity index (χ2v) is 2.11. The fraction of sp³-hybridized carbons (Fsp3) is 0.125. The number of aromatic hydroxyl groups is 1. The van der Waals surface area contributed by atoms with E-state index in [4.69, 9.17) is 10.2 Å². The molecule has 1 rings (SSSR count). The molecular weight excluding hydrogens is 160 g/mol. The molecule has 1 aromatic carbocycles. The lowest BCUT2D eigenvalue weighted by Crippen LogP contribution is -1.94. The van der Waals surface area contributed by atoms with Crippen LogP contribution in [0, 0.1) is 0 Å². The van der Waals surface area contributed by atoms with E-state index in [1.165, 1.54) is 18.2 Å². The number of carbonyl (C=O) groups excluding carboxylic acids is 1. The summed E-state index contributed by atoms with van der Waals surface area (Å²) < 4.78 is 4.67. The van der Waals surface area contributed by atoms with Crippen LogP contribution in [0.1, 0.15) is 10.4 Å². The number of hydrogen-bond acceptors (Lipinski definition) is 4. The molecule has 0 spiro atoms. The van der Waals surface area contributed by atoms with Crippen molar-refractivity contribution < 1.29 is 19.7 Å². The fourth-order valence-electron chi connectivity index (χ4n) is 0.787. The van der Waals surface area contributed by atoms with E-state index in [-0.39, 0.29) is 11.3 Å². The third-order valence-corrected chi connectivity index (χ3v) is 1.36. The van der Waals surface area contributed by atoms with Crippen molar-refractivity contribution in [1.29, 1.82) is 0 Å². The van der Waals surface area contributed by atoms with Crippen molar-refractivity contribution in [2.45, 2.75) is 0 Å². The van der Waals surface area contributed by atoms with Crippen LogP contribution < -0.4 is 4.74 Å². The Labute approximate surface area is 69.0 Å². The van der Waals surface area contributed by atoms with Gasteiger partial charge in [0.25, 0.3) is 0 Å². The molecule has 0 radical (unpaired) electrons.